The minimum atomic E-state index is -3.04. The number of pyridine rings is 2. The van der Waals surface area contributed by atoms with E-state index in [1.54, 1.807) is 6.07 Å². The van der Waals surface area contributed by atoms with Crippen molar-refractivity contribution in [3.63, 3.8) is 0 Å². The molecule has 2 heterocycles. The number of hydrogen-bond acceptors (Lipinski definition) is 5. The van der Waals surface area contributed by atoms with E-state index in [-0.39, 0.29) is 29.0 Å². The van der Waals surface area contributed by atoms with E-state index in [1.807, 2.05) is 0 Å². The minimum Gasteiger partial charge on any atom is -0.378 e. The Balaban J connectivity index is 2.36. The minimum absolute atomic E-state index is 0.0818. The lowest BCUT2D eigenvalue weighted by Crippen LogP contribution is -2.13. The number of alkyl halides is 2. The number of hydrogen-bond donors (Lipinski definition) is 2. The van der Waals surface area contributed by atoms with Crippen LogP contribution in [0, 0.1) is 5.41 Å². The van der Waals surface area contributed by atoms with E-state index in [9.17, 15) is 8.78 Å². The zero-order valence-electron chi connectivity index (χ0n) is 12.5. The van der Waals surface area contributed by atoms with Crippen molar-refractivity contribution in [2.24, 2.45) is 0 Å². The molecule has 0 atom stereocenters. The summed E-state index contributed by atoms with van der Waals surface area (Å²) in [5.41, 5.74) is 0.718. The molecule has 8 heteroatoms. The third-order valence-electron chi connectivity index (χ3n) is 2.95. The fourth-order valence-corrected chi connectivity index (χ4v) is 2.04. The van der Waals surface area contributed by atoms with E-state index in [1.165, 1.54) is 31.5 Å². The van der Waals surface area contributed by atoms with Crippen molar-refractivity contribution in [3.05, 3.63) is 46.9 Å². The molecule has 5 nitrogen and oxygen atoms in total. The summed E-state index contributed by atoms with van der Waals surface area (Å²) in [6.45, 7) is 0.862. The predicted octanol–water partition coefficient (Wildman–Crippen LogP) is 4.00. The number of nitrogens with zero attached hydrogens (tertiary/aromatic N) is 2. The smallest absolute Gasteiger partial charge is 0.287 e. The van der Waals surface area contributed by atoms with Gasteiger partial charge < -0.3 is 15.5 Å². The first kappa shape index (κ1) is 17.2. The third-order valence-corrected chi connectivity index (χ3v) is 3.15. The summed E-state index contributed by atoms with van der Waals surface area (Å²) >= 11 is 5.88. The molecule has 23 heavy (non-hydrogen) atoms. The Labute approximate surface area is 137 Å². The fourth-order valence-electron chi connectivity index (χ4n) is 1.88. The van der Waals surface area contributed by atoms with Gasteiger partial charge >= 0.3 is 0 Å². The Kier molecular flexibility index (Phi) is 5.23. The second-order valence-corrected chi connectivity index (χ2v) is 5.27. The maximum atomic E-state index is 13.4. The Morgan fingerprint density at radius 1 is 1.43 bits per heavy atom. The topological polar surface area (TPSA) is 70.9 Å². The van der Waals surface area contributed by atoms with Gasteiger partial charge in [-0.2, -0.15) is 8.78 Å². The van der Waals surface area contributed by atoms with Crippen LogP contribution in [0.1, 0.15) is 18.2 Å². The summed E-state index contributed by atoms with van der Waals surface area (Å²) in [5, 5.41) is 11.1. The summed E-state index contributed by atoms with van der Waals surface area (Å²) in [7, 11) is 1.47. The lowest BCUT2D eigenvalue weighted by molar-refractivity contribution is 0.0129. The molecular formula is C15H15ClF2N4O. The van der Waals surface area contributed by atoms with Gasteiger partial charge in [-0.05, 0) is 18.2 Å². The molecule has 2 rings (SSSR count). The van der Waals surface area contributed by atoms with Gasteiger partial charge in [0.05, 0.1) is 18.0 Å². The molecule has 0 aromatic carbocycles. The largest absolute Gasteiger partial charge is 0.378 e. The van der Waals surface area contributed by atoms with Gasteiger partial charge in [0.15, 0.2) is 0 Å². The van der Waals surface area contributed by atoms with Crippen LogP contribution in [-0.2, 0) is 10.7 Å². The molecule has 2 aromatic rings. The standard InChI is InChI=1S/C15H15ClF2N4O/c1-15(17,18)12-4-3-5-14(22-12)21-11-6-13(16)20-7-9(11)10(19)8-23-2/h3-7,19H,8H2,1-2H3,(H,20,21,22). The molecule has 0 bridgehead atoms. The van der Waals surface area contributed by atoms with Gasteiger partial charge in [-0.25, -0.2) is 9.97 Å². The van der Waals surface area contributed by atoms with Crippen molar-refractivity contribution in [1.82, 2.24) is 9.97 Å². The first-order chi connectivity index (χ1) is 10.8. The number of methoxy groups -OCH3 is 1. The van der Waals surface area contributed by atoms with Gasteiger partial charge in [0.2, 0.25) is 0 Å². The Bertz CT molecular complexity index is 719. The number of nitrogens with one attached hydrogen (secondary N) is 2. The van der Waals surface area contributed by atoms with Crippen molar-refractivity contribution < 1.29 is 13.5 Å². The highest BCUT2D eigenvalue weighted by Gasteiger charge is 2.26. The Hall–Kier alpha value is -2.12. The Morgan fingerprint density at radius 2 is 2.17 bits per heavy atom. The molecule has 2 aromatic heterocycles. The third kappa shape index (κ3) is 4.43. The number of halogens is 3. The number of aromatic nitrogens is 2. The second-order valence-electron chi connectivity index (χ2n) is 4.89. The predicted molar refractivity (Wildman–Crippen MR) is 85.0 cm³/mol. The van der Waals surface area contributed by atoms with E-state index >= 15 is 0 Å². The number of ether oxygens (including phenoxy) is 1. The highest BCUT2D eigenvalue weighted by atomic mass is 35.5. The quantitative estimate of drug-likeness (QED) is 0.616. The number of rotatable bonds is 6. The first-order valence-corrected chi connectivity index (χ1v) is 7.03. The zero-order valence-corrected chi connectivity index (χ0v) is 13.3. The zero-order chi connectivity index (χ0) is 17.0. The lowest BCUT2D eigenvalue weighted by atomic mass is 10.1. The first-order valence-electron chi connectivity index (χ1n) is 6.66. The summed E-state index contributed by atoms with van der Waals surface area (Å²) in [6.07, 6.45) is 1.42. The molecule has 0 fully saturated rings. The van der Waals surface area contributed by atoms with Crippen molar-refractivity contribution in [2.45, 2.75) is 12.8 Å². The second kappa shape index (κ2) is 6.97. The van der Waals surface area contributed by atoms with Gasteiger partial charge in [0, 0.05) is 25.8 Å². The Morgan fingerprint density at radius 3 is 2.83 bits per heavy atom. The van der Waals surface area contributed by atoms with Gasteiger partial charge in [0.25, 0.3) is 5.92 Å². The maximum absolute atomic E-state index is 13.4. The van der Waals surface area contributed by atoms with E-state index in [2.05, 4.69) is 15.3 Å². The van der Waals surface area contributed by atoms with E-state index < -0.39 is 5.92 Å². The molecule has 0 unspecified atom stereocenters. The molecule has 0 saturated heterocycles. The molecule has 122 valence electrons. The number of anilines is 2. The van der Waals surface area contributed by atoms with Crippen LogP contribution in [0.15, 0.2) is 30.5 Å². The van der Waals surface area contributed by atoms with Crippen LogP contribution in [0.3, 0.4) is 0 Å². The molecule has 0 saturated carbocycles. The molecule has 2 N–H and O–H groups in total. The highest BCUT2D eigenvalue weighted by Crippen LogP contribution is 2.28. The van der Waals surface area contributed by atoms with Crippen molar-refractivity contribution in [2.75, 3.05) is 19.0 Å². The monoisotopic (exact) mass is 340 g/mol. The summed E-state index contributed by atoms with van der Waals surface area (Å²) < 4.78 is 31.7. The van der Waals surface area contributed by atoms with Crippen LogP contribution in [0.25, 0.3) is 0 Å². The van der Waals surface area contributed by atoms with Crippen LogP contribution in [0.4, 0.5) is 20.3 Å². The lowest BCUT2D eigenvalue weighted by Gasteiger charge is -2.14. The van der Waals surface area contributed by atoms with Crippen LogP contribution in [-0.4, -0.2) is 29.4 Å². The van der Waals surface area contributed by atoms with Crippen LogP contribution in [0.2, 0.25) is 5.15 Å². The highest BCUT2D eigenvalue weighted by molar-refractivity contribution is 6.29. The average Bonchev–Trinajstić information content (AvgIpc) is 2.47. The van der Waals surface area contributed by atoms with Crippen LogP contribution < -0.4 is 5.32 Å². The van der Waals surface area contributed by atoms with E-state index in [4.69, 9.17) is 21.7 Å². The molecule has 0 aliphatic rings. The van der Waals surface area contributed by atoms with Crippen molar-refractivity contribution in [1.29, 1.82) is 5.41 Å². The molecular weight excluding hydrogens is 326 g/mol. The molecule has 0 amide bonds. The summed E-state index contributed by atoms with van der Waals surface area (Å²) in [5.74, 6) is -2.82. The van der Waals surface area contributed by atoms with Gasteiger partial charge in [0.1, 0.15) is 16.7 Å². The molecule has 0 radical (unpaired) electrons. The SMILES string of the molecule is COCC(=N)c1cnc(Cl)cc1Nc1cccc(C(C)(F)F)n1. The molecule has 0 aliphatic carbocycles. The van der Waals surface area contributed by atoms with Crippen molar-refractivity contribution >= 4 is 28.8 Å². The maximum Gasteiger partial charge on any atom is 0.287 e. The fraction of sp³-hybridized carbons (Fsp3) is 0.267. The van der Waals surface area contributed by atoms with Crippen LogP contribution in [0.5, 0.6) is 0 Å². The van der Waals surface area contributed by atoms with Gasteiger partial charge in [-0.3, -0.25) is 0 Å². The van der Waals surface area contributed by atoms with E-state index in [0.717, 1.165) is 6.92 Å². The summed E-state index contributed by atoms with van der Waals surface area (Å²) in [4.78, 5) is 7.82. The molecule has 0 spiro atoms. The molecule has 0 aliphatic heterocycles. The van der Waals surface area contributed by atoms with Gasteiger partial charge in [-0.1, -0.05) is 17.7 Å². The van der Waals surface area contributed by atoms with E-state index in [0.29, 0.717) is 11.3 Å². The van der Waals surface area contributed by atoms with Crippen molar-refractivity contribution in [3.8, 4) is 0 Å². The van der Waals surface area contributed by atoms with Crippen LogP contribution >= 0.6 is 11.6 Å². The normalized spacial score (nSPS) is 11.3. The summed E-state index contributed by atoms with van der Waals surface area (Å²) in [6, 6.07) is 5.77. The van der Waals surface area contributed by atoms with Gasteiger partial charge in [-0.15, -0.1) is 0 Å². The average molecular weight is 341 g/mol.